The predicted octanol–water partition coefficient (Wildman–Crippen LogP) is 5.97. The minimum atomic E-state index is 0.0740. The van der Waals surface area contributed by atoms with Crippen LogP contribution in [-0.4, -0.2) is 0 Å². The number of hydrogen-bond acceptors (Lipinski definition) is 0. The Labute approximate surface area is 132 Å². The van der Waals surface area contributed by atoms with Crippen molar-refractivity contribution < 1.29 is 0 Å². The Balaban J connectivity index is 1.95. The molecule has 0 heteroatoms. The molecule has 0 heterocycles. The summed E-state index contributed by atoms with van der Waals surface area (Å²) in [6.45, 7) is 6.85. The third-order valence-electron chi connectivity index (χ3n) is 5.04. The average Bonchev–Trinajstić information content (AvgIpc) is 2.76. The number of aryl methyl sites for hydroxylation is 1. The minimum absolute atomic E-state index is 0.0740. The first kappa shape index (κ1) is 13.3. The summed E-state index contributed by atoms with van der Waals surface area (Å²) in [4.78, 5) is 0. The first-order chi connectivity index (χ1) is 10.6. The van der Waals surface area contributed by atoms with Crippen LogP contribution >= 0.6 is 0 Å². The first-order valence-electron chi connectivity index (χ1n) is 7.89. The molecular formula is C22H20. The summed E-state index contributed by atoms with van der Waals surface area (Å²) in [5, 5.41) is 0. The van der Waals surface area contributed by atoms with E-state index in [1.54, 1.807) is 0 Å². The van der Waals surface area contributed by atoms with Crippen LogP contribution in [0.25, 0.3) is 22.3 Å². The van der Waals surface area contributed by atoms with Crippen LogP contribution in [0.1, 0.15) is 30.5 Å². The zero-order chi connectivity index (χ0) is 15.3. The lowest BCUT2D eigenvalue weighted by molar-refractivity contribution is 0.660. The van der Waals surface area contributed by atoms with Gasteiger partial charge in [0.2, 0.25) is 0 Å². The molecule has 0 aliphatic heterocycles. The maximum absolute atomic E-state index is 2.39. The highest BCUT2D eigenvalue weighted by molar-refractivity contribution is 5.83. The molecule has 0 fully saturated rings. The summed E-state index contributed by atoms with van der Waals surface area (Å²) >= 11 is 0. The Kier molecular flexibility index (Phi) is 2.77. The van der Waals surface area contributed by atoms with Crippen molar-refractivity contribution in [3.63, 3.8) is 0 Å². The van der Waals surface area contributed by atoms with Crippen LogP contribution in [-0.2, 0) is 5.41 Å². The molecule has 0 saturated heterocycles. The van der Waals surface area contributed by atoms with Crippen LogP contribution in [0.15, 0.2) is 66.7 Å². The normalized spacial score (nSPS) is 14.5. The SMILES string of the molecule is Cc1ccccc1-c1ccc2c(c1)C(C)(C)c1ccccc1-2. The lowest BCUT2D eigenvalue weighted by atomic mass is 9.81. The highest BCUT2D eigenvalue weighted by Gasteiger charge is 2.35. The van der Waals surface area contributed by atoms with Crippen LogP contribution in [0.3, 0.4) is 0 Å². The largest absolute Gasteiger partial charge is 0.0620 e. The van der Waals surface area contributed by atoms with Crippen LogP contribution in [0.2, 0.25) is 0 Å². The maximum Gasteiger partial charge on any atom is 0.0159 e. The highest BCUT2D eigenvalue weighted by atomic mass is 14.4. The van der Waals surface area contributed by atoms with Crippen molar-refractivity contribution in [3.8, 4) is 22.3 Å². The van der Waals surface area contributed by atoms with Crippen molar-refractivity contribution in [2.24, 2.45) is 0 Å². The molecule has 0 bridgehead atoms. The molecular weight excluding hydrogens is 264 g/mol. The molecule has 22 heavy (non-hydrogen) atoms. The van der Waals surface area contributed by atoms with E-state index in [1.165, 1.54) is 38.9 Å². The summed E-state index contributed by atoms with van der Waals surface area (Å²) in [5.41, 5.74) is 9.70. The third-order valence-corrected chi connectivity index (χ3v) is 5.04. The van der Waals surface area contributed by atoms with Gasteiger partial charge < -0.3 is 0 Å². The van der Waals surface area contributed by atoms with E-state index in [-0.39, 0.29) is 5.41 Å². The van der Waals surface area contributed by atoms with Crippen molar-refractivity contribution in [2.45, 2.75) is 26.2 Å². The summed E-state index contributed by atoms with van der Waals surface area (Å²) in [6, 6.07) is 24.4. The fourth-order valence-electron chi connectivity index (χ4n) is 3.77. The molecule has 0 N–H and O–H groups in total. The van der Waals surface area contributed by atoms with Gasteiger partial charge in [-0.3, -0.25) is 0 Å². The summed E-state index contributed by atoms with van der Waals surface area (Å²) < 4.78 is 0. The quantitative estimate of drug-likeness (QED) is 0.516. The molecule has 0 nitrogen and oxygen atoms in total. The number of rotatable bonds is 1. The van der Waals surface area contributed by atoms with E-state index in [0.29, 0.717) is 0 Å². The van der Waals surface area contributed by atoms with Gasteiger partial charge in [-0.15, -0.1) is 0 Å². The first-order valence-corrected chi connectivity index (χ1v) is 7.89. The van der Waals surface area contributed by atoms with Gasteiger partial charge in [-0.25, -0.2) is 0 Å². The average molecular weight is 284 g/mol. The summed E-state index contributed by atoms with van der Waals surface area (Å²) in [7, 11) is 0. The van der Waals surface area contributed by atoms with Crippen molar-refractivity contribution in [1.29, 1.82) is 0 Å². The van der Waals surface area contributed by atoms with Crippen LogP contribution < -0.4 is 0 Å². The van der Waals surface area contributed by atoms with Crippen molar-refractivity contribution in [1.82, 2.24) is 0 Å². The van der Waals surface area contributed by atoms with E-state index >= 15 is 0 Å². The summed E-state index contributed by atoms with van der Waals surface area (Å²) in [6.07, 6.45) is 0. The molecule has 0 spiro atoms. The van der Waals surface area contributed by atoms with Gasteiger partial charge in [-0.05, 0) is 51.9 Å². The number of benzene rings is 3. The fourth-order valence-corrected chi connectivity index (χ4v) is 3.77. The lowest BCUT2D eigenvalue weighted by Gasteiger charge is -2.22. The molecule has 3 aromatic rings. The Hall–Kier alpha value is -2.34. The standard InChI is InChI=1S/C22H20/c1-15-8-4-5-9-17(15)16-12-13-19-18-10-6-7-11-20(18)22(2,3)21(19)14-16/h4-14H,1-3H3. The number of hydrogen-bond donors (Lipinski definition) is 0. The zero-order valence-electron chi connectivity index (χ0n) is 13.4. The van der Waals surface area contributed by atoms with Crippen LogP contribution in [0, 0.1) is 6.92 Å². The van der Waals surface area contributed by atoms with E-state index in [1.807, 2.05) is 0 Å². The second kappa shape index (κ2) is 4.58. The second-order valence-electron chi connectivity index (χ2n) is 6.75. The summed E-state index contributed by atoms with van der Waals surface area (Å²) in [5.74, 6) is 0. The van der Waals surface area contributed by atoms with E-state index < -0.39 is 0 Å². The van der Waals surface area contributed by atoms with Gasteiger partial charge in [0.05, 0.1) is 0 Å². The molecule has 0 amide bonds. The molecule has 0 unspecified atom stereocenters. The Morgan fingerprint density at radius 1 is 0.636 bits per heavy atom. The van der Waals surface area contributed by atoms with Gasteiger partial charge >= 0.3 is 0 Å². The zero-order valence-corrected chi connectivity index (χ0v) is 13.4. The molecule has 3 aromatic carbocycles. The molecule has 108 valence electrons. The monoisotopic (exact) mass is 284 g/mol. The lowest BCUT2D eigenvalue weighted by Crippen LogP contribution is -2.14. The molecule has 0 saturated carbocycles. The second-order valence-corrected chi connectivity index (χ2v) is 6.75. The Bertz CT molecular complexity index is 869. The Morgan fingerprint density at radius 3 is 2.05 bits per heavy atom. The van der Waals surface area contributed by atoms with Gasteiger partial charge in [0, 0.05) is 5.41 Å². The van der Waals surface area contributed by atoms with Crippen molar-refractivity contribution >= 4 is 0 Å². The van der Waals surface area contributed by atoms with Gasteiger partial charge in [0.25, 0.3) is 0 Å². The maximum atomic E-state index is 2.39. The molecule has 0 aromatic heterocycles. The number of fused-ring (bicyclic) bond motifs is 3. The Morgan fingerprint density at radius 2 is 1.27 bits per heavy atom. The van der Waals surface area contributed by atoms with Crippen LogP contribution in [0.4, 0.5) is 0 Å². The minimum Gasteiger partial charge on any atom is -0.0620 e. The van der Waals surface area contributed by atoms with Gasteiger partial charge in [0.15, 0.2) is 0 Å². The molecule has 1 aliphatic rings. The van der Waals surface area contributed by atoms with Gasteiger partial charge in [-0.2, -0.15) is 0 Å². The van der Waals surface area contributed by atoms with E-state index in [4.69, 9.17) is 0 Å². The fraction of sp³-hybridized carbons (Fsp3) is 0.182. The highest BCUT2D eigenvalue weighted by Crippen LogP contribution is 2.49. The van der Waals surface area contributed by atoms with Crippen LogP contribution in [0.5, 0.6) is 0 Å². The predicted molar refractivity (Wildman–Crippen MR) is 94.2 cm³/mol. The van der Waals surface area contributed by atoms with E-state index in [2.05, 4.69) is 87.5 Å². The smallest absolute Gasteiger partial charge is 0.0159 e. The third kappa shape index (κ3) is 1.77. The van der Waals surface area contributed by atoms with Crippen molar-refractivity contribution in [3.05, 3.63) is 83.4 Å². The van der Waals surface area contributed by atoms with Gasteiger partial charge in [-0.1, -0.05) is 74.5 Å². The molecule has 4 rings (SSSR count). The topological polar surface area (TPSA) is 0 Å². The van der Waals surface area contributed by atoms with E-state index in [9.17, 15) is 0 Å². The molecule has 1 aliphatic carbocycles. The van der Waals surface area contributed by atoms with Gasteiger partial charge in [0.1, 0.15) is 0 Å². The molecule has 0 atom stereocenters. The molecule has 0 radical (unpaired) electrons. The van der Waals surface area contributed by atoms with E-state index in [0.717, 1.165) is 0 Å². The van der Waals surface area contributed by atoms with Crippen molar-refractivity contribution in [2.75, 3.05) is 0 Å².